The molecule has 0 spiro atoms. The van der Waals surface area contributed by atoms with Crippen LogP contribution in [-0.4, -0.2) is 11.6 Å². The molecule has 0 N–H and O–H groups in total. The van der Waals surface area contributed by atoms with Gasteiger partial charge in [-0.25, -0.2) is 0 Å². The number of benzene rings is 1. The standard InChI is InChI=1S/C15H18NO/c1-2-3-4-5-11-17-15-8-6-7-13-12-16-10-9-14(13)15/h6-10,12H,1-5,11H2. The number of nitrogens with zero attached hydrogens (tertiary/aromatic N) is 1. The molecule has 0 unspecified atom stereocenters. The van der Waals surface area contributed by atoms with Crippen molar-refractivity contribution >= 4 is 10.8 Å². The van der Waals surface area contributed by atoms with Crippen LogP contribution in [0.15, 0.2) is 36.7 Å². The molecule has 1 aromatic heterocycles. The summed E-state index contributed by atoms with van der Waals surface area (Å²) >= 11 is 0. The van der Waals surface area contributed by atoms with Gasteiger partial charge in [-0.3, -0.25) is 4.98 Å². The summed E-state index contributed by atoms with van der Waals surface area (Å²) in [5, 5.41) is 2.27. The molecule has 0 aliphatic carbocycles. The molecule has 2 rings (SSSR count). The Labute approximate surface area is 103 Å². The minimum absolute atomic E-state index is 0.779. The number of ether oxygens (including phenoxy) is 1. The Morgan fingerprint density at radius 3 is 2.94 bits per heavy atom. The molecular weight excluding hydrogens is 210 g/mol. The van der Waals surface area contributed by atoms with E-state index in [1.807, 2.05) is 24.4 Å². The van der Waals surface area contributed by atoms with Crippen molar-refractivity contribution in [3.05, 3.63) is 43.6 Å². The highest BCUT2D eigenvalue weighted by Crippen LogP contribution is 2.24. The van der Waals surface area contributed by atoms with Crippen molar-refractivity contribution in [2.45, 2.75) is 25.7 Å². The molecule has 0 aliphatic heterocycles. The van der Waals surface area contributed by atoms with E-state index >= 15 is 0 Å². The van der Waals surface area contributed by atoms with Gasteiger partial charge in [0, 0.05) is 23.2 Å². The summed E-state index contributed by atoms with van der Waals surface area (Å²) in [5.41, 5.74) is 0. The first kappa shape index (κ1) is 11.9. The number of pyridine rings is 1. The lowest BCUT2D eigenvalue weighted by molar-refractivity contribution is 0.309. The van der Waals surface area contributed by atoms with Gasteiger partial charge < -0.3 is 4.74 Å². The smallest absolute Gasteiger partial charge is 0.127 e. The van der Waals surface area contributed by atoms with Gasteiger partial charge in [0.25, 0.3) is 0 Å². The molecule has 1 aromatic carbocycles. The van der Waals surface area contributed by atoms with E-state index in [-0.39, 0.29) is 0 Å². The Morgan fingerprint density at radius 2 is 2.06 bits per heavy atom. The highest BCUT2D eigenvalue weighted by molar-refractivity contribution is 5.87. The van der Waals surface area contributed by atoms with Crippen molar-refractivity contribution in [2.75, 3.05) is 6.61 Å². The molecule has 2 nitrogen and oxygen atoms in total. The maximum absolute atomic E-state index is 5.82. The van der Waals surface area contributed by atoms with Crippen LogP contribution in [0.2, 0.25) is 0 Å². The molecule has 17 heavy (non-hydrogen) atoms. The van der Waals surface area contributed by atoms with Gasteiger partial charge in [-0.1, -0.05) is 38.3 Å². The monoisotopic (exact) mass is 228 g/mol. The maximum atomic E-state index is 5.82. The number of aromatic nitrogens is 1. The van der Waals surface area contributed by atoms with E-state index in [1.165, 1.54) is 12.8 Å². The first-order valence-corrected chi connectivity index (χ1v) is 6.16. The fourth-order valence-electron chi connectivity index (χ4n) is 1.86. The average Bonchev–Trinajstić information content (AvgIpc) is 2.39. The SMILES string of the molecule is [CH2]CCCCCOc1cccc2cnccc12. The second-order valence-electron chi connectivity index (χ2n) is 4.12. The minimum atomic E-state index is 0.779. The van der Waals surface area contributed by atoms with Crippen LogP contribution in [-0.2, 0) is 0 Å². The van der Waals surface area contributed by atoms with Crippen molar-refractivity contribution < 1.29 is 4.74 Å². The van der Waals surface area contributed by atoms with Gasteiger partial charge in [-0.15, -0.1) is 0 Å². The summed E-state index contributed by atoms with van der Waals surface area (Å²) in [4.78, 5) is 4.11. The van der Waals surface area contributed by atoms with Gasteiger partial charge in [0.2, 0.25) is 0 Å². The predicted octanol–water partition coefficient (Wildman–Crippen LogP) is 4.01. The zero-order chi connectivity index (χ0) is 11.9. The number of unbranched alkanes of at least 4 members (excludes halogenated alkanes) is 3. The second kappa shape index (κ2) is 6.24. The third-order valence-electron chi connectivity index (χ3n) is 2.79. The van der Waals surface area contributed by atoms with Crippen molar-refractivity contribution in [3.8, 4) is 5.75 Å². The lowest BCUT2D eigenvalue weighted by atomic mass is 10.1. The van der Waals surface area contributed by atoms with E-state index in [4.69, 9.17) is 4.74 Å². The van der Waals surface area contributed by atoms with E-state index in [0.29, 0.717) is 0 Å². The normalized spacial score (nSPS) is 10.6. The molecule has 0 saturated carbocycles. The summed E-state index contributed by atoms with van der Waals surface area (Å²) in [5.74, 6) is 0.958. The number of rotatable bonds is 6. The number of fused-ring (bicyclic) bond motifs is 1. The van der Waals surface area contributed by atoms with Crippen molar-refractivity contribution in [3.63, 3.8) is 0 Å². The van der Waals surface area contributed by atoms with E-state index < -0.39 is 0 Å². The van der Waals surface area contributed by atoms with Gasteiger partial charge in [-0.2, -0.15) is 0 Å². The molecular formula is C15H18NO. The van der Waals surface area contributed by atoms with E-state index in [2.05, 4.69) is 18.0 Å². The number of hydrogen-bond acceptors (Lipinski definition) is 2. The second-order valence-corrected chi connectivity index (χ2v) is 4.12. The fourth-order valence-corrected chi connectivity index (χ4v) is 1.86. The molecule has 2 aromatic rings. The Bertz CT molecular complexity index is 462. The molecule has 0 amide bonds. The lowest BCUT2D eigenvalue weighted by Gasteiger charge is -2.08. The largest absolute Gasteiger partial charge is 0.493 e. The van der Waals surface area contributed by atoms with Crippen LogP contribution >= 0.6 is 0 Å². The molecule has 1 radical (unpaired) electrons. The van der Waals surface area contributed by atoms with Gasteiger partial charge in [0.1, 0.15) is 5.75 Å². The van der Waals surface area contributed by atoms with E-state index in [0.717, 1.165) is 36.0 Å². The van der Waals surface area contributed by atoms with Crippen LogP contribution in [0.25, 0.3) is 10.8 Å². The topological polar surface area (TPSA) is 22.1 Å². The highest BCUT2D eigenvalue weighted by Gasteiger charge is 2.00. The first-order valence-electron chi connectivity index (χ1n) is 6.16. The summed E-state index contributed by atoms with van der Waals surface area (Å²) in [6.07, 6.45) is 8.15. The maximum Gasteiger partial charge on any atom is 0.127 e. The van der Waals surface area contributed by atoms with Crippen LogP contribution in [0.4, 0.5) is 0 Å². The molecule has 89 valence electrons. The Balaban J connectivity index is 1.98. The molecule has 2 heteroatoms. The summed E-state index contributed by atoms with van der Waals surface area (Å²) in [6.45, 7) is 4.61. The predicted molar refractivity (Wildman–Crippen MR) is 71.1 cm³/mol. The molecule has 0 saturated heterocycles. The summed E-state index contributed by atoms with van der Waals surface area (Å²) in [6, 6.07) is 8.08. The molecule has 0 bridgehead atoms. The molecule has 0 atom stereocenters. The average molecular weight is 228 g/mol. The van der Waals surface area contributed by atoms with Gasteiger partial charge in [0.05, 0.1) is 6.61 Å². The Hall–Kier alpha value is -1.57. The quantitative estimate of drug-likeness (QED) is 0.697. The third kappa shape index (κ3) is 3.19. The third-order valence-corrected chi connectivity index (χ3v) is 2.79. The van der Waals surface area contributed by atoms with E-state index in [9.17, 15) is 0 Å². The zero-order valence-electron chi connectivity index (χ0n) is 10.1. The number of hydrogen-bond donors (Lipinski definition) is 0. The minimum Gasteiger partial charge on any atom is -0.493 e. The van der Waals surface area contributed by atoms with Gasteiger partial charge >= 0.3 is 0 Å². The zero-order valence-corrected chi connectivity index (χ0v) is 10.1. The van der Waals surface area contributed by atoms with Crippen molar-refractivity contribution in [2.24, 2.45) is 0 Å². The summed E-state index contributed by atoms with van der Waals surface area (Å²) in [7, 11) is 0. The van der Waals surface area contributed by atoms with Gasteiger partial charge in [-0.05, 0) is 18.6 Å². The molecule has 0 fully saturated rings. The van der Waals surface area contributed by atoms with Crippen molar-refractivity contribution in [1.29, 1.82) is 0 Å². The Morgan fingerprint density at radius 1 is 1.12 bits per heavy atom. The van der Waals surface area contributed by atoms with E-state index in [1.54, 1.807) is 6.20 Å². The van der Waals surface area contributed by atoms with Crippen LogP contribution < -0.4 is 4.74 Å². The van der Waals surface area contributed by atoms with Crippen LogP contribution in [0.5, 0.6) is 5.75 Å². The van der Waals surface area contributed by atoms with Crippen LogP contribution in [0, 0.1) is 6.92 Å². The fraction of sp³-hybridized carbons (Fsp3) is 0.333. The first-order chi connectivity index (χ1) is 8.42. The van der Waals surface area contributed by atoms with Crippen LogP contribution in [0.1, 0.15) is 25.7 Å². The lowest BCUT2D eigenvalue weighted by Crippen LogP contribution is -1.97. The highest BCUT2D eigenvalue weighted by atomic mass is 16.5. The van der Waals surface area contributed by atoms with Crippen molar-refractivity contribution in [1.82, 2.24) is 4.98 Å². The van der Waals surface area contributed by atoms with Crippen LogP contribution in [0.3, 0.4) is 0 Å². The molecule has 1 heterocycles. The molecule has 0 aliphatic rings. The van der Waals surface area contributed by atoms with Gasteiger partial charge in [0.15, 0.2) is 0 Å². The Kier molecular flexibility index (Phi) is 4.37. The summed E-state index contributed by atoms with van der Waals surface area (Å²) < 4.78 is 5.82.